The molecule has 0 spiro atoms. The summed E-state index contributed by atoms with van der Waals surface area (Å²) in [6.45, 7) is 3.58. The quantitative estimate of drug-likeness (QED) is 0.120. The van der Waals surface area contributed by atoms with Crippen molar-refractivity contribution in [2.75, 3.05) is 10.6 Å². The molecule has 0 aliphatic heterocycles. The molecule has 0 unspecified atom stereocenters. The Morgan fingerprint density at radius 3 is 1.33 bits per heavy atom. The van der Waals surface area contributed by atoms with E-state index >= 15 is 0 Å². The molecular weight excluding hydrogens is 949 g/mol. The monoisotopic (exact) mass is 988 g/mol. The van der Waals surface area contributed by atoms with E-state index in [-0.39, 0.29) is 21.2 Å². The van der Waals surface area contributed by atoms with E-state index < -0.39 is 29.7 Å². The van der Waals surface area contributed by atoms with Crippen LogP contribution < -0.4 is 30.7 Å². The lowest BCUT2D eigenvalue weighted by Crippen LogP contribution is -2.35. The van der Waals surface area contributed by atoms with Crippen molar-refractivity contribution in [1.29, 1.82) is 0 Å². The third kappa shape index (κ3) is 11.6. The number of urea groups is 2. The molecule has 0 aromatic heterocycles. The lowest BCUT2D eigenvalue weighted by Gasteiger charge is -2.21. The number of halogens is 6. The number of benzene rings is 6. The molecule has 0 fully saturated rings. The molecule has 0 saturated carbocycles. The van der Waals surface area contributed by atoms with Gasteiger partial charge in [-0.2, -0.15) is 0 Å². The molecule has 0 bridgehead atoms. The highest BCUT2D eigenvalue weighted by Gasteiger charge is 2.22. The highest BCUT2D eigenvalue weighted by Crippen LogP contribution is 2.42. The smallest absolute Gasteiger partial charge is 0.326 e. The Morgan fingerprint density at radius 2 is 0.879 bits per heavy atom. The van der Waals surface area contributed by atoms with E-state index in [0.717, 1.165) is 101 Å². The molecule has 6 amide bonds. The Hall–Kier alpha value is -5.82. The normalized spacial score (nSPS) is 12.6. The predicted octanol–water partition coefficient (Wildman–Crippen LogP) is 14.7. The molecule has 6 aromatic carbocycles. The number of hydrogen-bond acceptors (Lipinski definition) is 6. The topological polar surface area (TPSA) is 135 Å². The van der Waals surface area contributed by atoms with Crippen molar-refractivity contribution < 1.29 is 33.0 Å². The summed E-state index contributed by atoms with van der Waals surface area (Å²) in [4.78, 5) is 49.1. The predicted molar refractivity (Wildman–Crippen MR) is 260 cm³/mol. The Bertz CT molecular complexity index is 2680. The number of anilines is 2. The first-order valence-electron chi connectivity index (χ1n) is 21.0. The largest absolute Gasteiger partial charge is 0.455 e. The Morgan fingerprint density at radius 1 is 0.470 bits per heavy atom. The van der Waals surface area contributed by atoms with Crippen LogP contribution in [0, 0.1) is 19.7 Å². The van der Waals surface area contributed by atoms with Gasteiger partial charge >= 0.3 is 12.1 Å². The van der Waals surface area contributed by atoms with E-state index in [1.165, 1.54) is 24.3 Å². The fourth-order valence-electron chi connectivity index (χ4n) is 7.68. The first-order chi connectivity index (χ1) is 31.7. The van der Waals surface area contributed by atoms with E-state index in [1.807, 2.05) is 31.2 Å². The number of hydrogen-bond donors (Lipinski definition) is 4. The van der Waals surface area contributed by atoms with Gasteiger partial charge in [-0.25, -0.2) is 14.0 Å². The number of aryl methyl sites for hydroxylation is 2. The number of fused-ring (bicyclic) bond motifs is 2. The van der Waals surface area contributed by atoms with Gasteiger partial charge in [-0.3, -0.25) is 20.2 Å². The van der Waals surface area contributed by atoms with Gasteiger partial charge in [0.2, 0.25) is 0 Å². The number of rotatable bonds is 8. The van der Waals surface area contributed by atoms with Gasteiger partial charge in [0.1, 0.15) is 28.8 Å². The van der Waals surface area contributed by atoms with E-state index in [2.05, 4.69) is 21.3 Å². The van der Waals surface area contributed by atoms with Crippen molar-refractivity contribution >= 4 is 93.3 Å². The van der Waals surface area contributed by atoms with Crippen molar-refractivity contribution in [3.8, 4) is 23.0 Å². The minimum absolute atomic E-state index is 0.208. The first kappa shape index (κ1) is 48.1. The van der Waals surface area contributed by atoms with Crippen molar-refractivity contribution in [2.24, 2.45) is 0 Å². The SMILES string of the molecule is Cc1cc(Oc2ccc(Cl)c3c2CCCC3)c(Cl)cc1NC(=O)NC(=O)c1ccccc1Cl.Cc1cc(Oc2ccc(Cl)c3c2CCCC3)c(Cl)cc1NC(=O)NC(=O)c1ccccc1F. The zero-order valence-electron chi connectivity index (χ0n) is 35.6. The number of imide groups is 2. The van der Waals surface area contributed by atoms with Gasteiger partial charge in [-0.15, -0.1) is 0 Å². The second kappa shape index (κ2) is 21.7. The second-order valence-electron chi connectivity index (χ2n) is 15.6. The highest BCUT2D eigenvalue weighted by molar-refractivity contribution is 6.35. The molecule has 4 N–H and O–H groups in total. The van der Waals surface area contributed by atoms with E-state index in [1.54, 1.807) is 49.4 Å². The third-order valence-corrected chi connectivity index (χ3v) is 12.7. The summed E-state index contributed by atoms with van der Waals surface area (Å²) >= 11 is 31.6. The maximum Gasteiger partial charge on any atom is 0.326 e. The molecule has 0 saturated heterocycles. The summed E-state index contributed by atoms with van der Waals surface area (Å²) in [6.07, 6.45) is 8.00. The fourth-order valence-corrected chi connectivity index (χ4v) is 8.85. The average molecular weight is 991 g/mol. The van der Waals surface area contributed by atoms with E-state index in [9.17, 15) is 23.6 Å². The molecule has 2 aliphatic rings. The molecule has 2 aliphatic carbocycles. The summed E-state index contributed by atoms with van der Waals surface area (Å²) in [5.41, 5.74) is 6.67. The molecule has 0 atom stereocenters. The molecule has 0 heterocycles. The van der Waals surface area contributed by atoms with Gasteiger partial charge in [0.05, 0.1) is 26.2 Å². The Balaban J connectivity index is 0.000000196. The van der Waals surface area contributed by atoms with Crippen LogP contribution in [0.3, 0.4) is 0 Å². The van der Waals surface area contributed by atoms with Gasteiger partial charge in [0, 0.05) is 21.4 Å². The zero-order chi connectivity index (χ0) is 47.1. The summed E-state index contributed by atoms with van der Waals surface area (Å²) < 4.78 is 26.0. The number of carbonyl (C=O) groups is 4. The molecule has 8 rings (SSSR count). The fraction of sp³-hybridized carbons (Fsp3) is 0.200. The molecular formula is C50H42Cl5FN4O6. The maximum atomic E-state index is 13.8. The Labute approximate surface area is 406 Å². The zero-order valence-corrected chi connectivity index (χ0v) is 39.4. The second-order valence-corrected chi connectivity index (χ2v) is 17.6. The van der Waals surface area contributed by atoms with Crippen LogP contribution in [-0.2, 0) is 25.7 Å². The first-order valence-corrected chi connectivity index (χ1v) is 22.9. The standard InChI is InChI=1S/C25H21Cl3N2O3.C25H21Cl2FN2O3/c1-14-12-23(33-22-11-10-19(27)15-6-2-3-7-16(15)22)20(28)13-21(14)29-25(32)30-24(31)17-8-4-5-9-18(17)26;1-14-12-23(33-22-11-10-18(26)15-6-2-3-7-16(15)22)19(27)13-21(14)29-25(32)30-24(31)17-8-4-5-9-20(17)28/h2*4-5,8-13H,2-3,6-7H2,1H3,(H2,29,30,31,32). The van der Waals surface area contributed by atoms with Crippen LogP contribution in [0.5, 0.6) is 23.0 Å². The molecule has 340 valence electrons. The molecule has 10 nitrogen and oxygen atoms in total. The average Bonchev–Trinajstić information content (AvgIpc) is 3.29. The van der Waals surface area contributed by atoms with Gasteiger partial charge in [-0.05, 0) is 171 Å². The van der Waals surface area contributed by atoms with E-state index in [0.29, 0.717) is 39.2 Å². The van der Waals surface area contributed by atoms with Crippen molar-refractivity contribution in [3.05, 3.63) is 172 Å². The van der Waals surface area contributed by atoms with Crippen LogP contribution in [0.25, 0.3) is 0 Å². The van der Waals surface area contributed by atoms with Crippen molar-refractivity contribution in [2.45, 2.75) is 65.2 Å². The van der Waals surface area contributed by atoms with Gasteiger partial charge in [-0.1, -0.05) is 82.3 Å². The summed E-state index contributed by atoms with van der Waals surface area (Å²) in [5, 5.41) is 12.0. The van der Waals surface area contributed by atoms with Crippen LogP contribution in [0.4, 0.5) is 25.4 Å². The number of amides is 6. The van der Waals surface area contributed by atoms with Gasteiger partial charge in [0.15, 0.2) is 0 Å². The van der Waals surface area contributed by atoms with Gasteiger partial charge < -0.3 is 20.1 Å². The molecule has 16 heteroatoms. The number of carbonyl (C=O) groups excluding carboxylic acids is 4. The minimum atomic E-state index is -0.846. The molecule has 0 radical (unpaired) electrons. The lowest BCUT2D eigenvalue weighted by molar-refractivity contribution is 0.0955. The van der Waals surface area contributed by atoms with Crippen LogP contribution in [0.1, 0.15) is 79.8 Å². The number of nitrogens with one attached hydrogen (secondary N) is 4. The van der Waals surface area contributed by atoms with Crippen LogP contribution in [0.15, 0.2) is 97.1 Å². The summed E-state index contributed by atoms with van der Waals surface area (Å²) in [6, 6.07) is 24.4. The van der Waals surface area contributed by atoms with Crippen molar-refractivity contribution in [3.63, 3.8) is 0 Å². The Kier molecular flexibility index (Phi) is 15.8. The van der Waals surface area contributed by atoms with Crippen LogP contribution in [-0.4, -0.2) is 23.9 Å². The molecule has 66 heavy (non-hydrogen) atoms. The van der Waals surface area contributed by atoms with Crippen LogP contribution in [0.2, 0.25) is 25.1 Å². The lowest BCUT2D eigenvalue weighted by atomic mass is 9.91. The van der Waals surface area contributed by atoms with Crippen molar-refractivity contribution in [1.82, 2.24) is 10.6 Å². The summed E-state index contributed by atoms with van der Waals surface area (Å²) in [5.74, 6) is 0.201. The summed E-state index contributed by atoms with van der Waals surface area (Å²) in [7, 11) is 0. The minimum Gasteiger partial charge on any atom is -0.455 e. The third-order valence-electron chi connectivity index (χ3n) is 11.1. The van der Waals surface area contributed by atoms with Crippen LogP contribution >= 0.6 is 58.0 Å². The van der Waals surface area contributed by atoms with Gasteiger partial charge in [0.25, 0.3) is 11.8 Å². The maximum absolute atomic E-state index is 13.8. The van der Waals surface area contributed by atoms with E-state index in [4.69, 9.17) is 67.5 Å². The number of ether oxygens (including phenoxy) is 2. The highest BCUT2D eigenvalue weighted by atomic mass is 35.5. The molecule has 6 aromatic rings.